The normalized spacial score (nSPS) is 12.5. The van der Waals surface area contributed by atoms with Crippen molar-refractivity contribution in [3.63, 3.8) is 0 Å². The fourth-order valence-corrected chi connectivity index (χ4v) is 1.88. The number of hydrogen-bond acceptors (Lipinski definition) is 3. The van der Waals surface area contributed by atoms with Gasteiger partial charge in [0.15, 0.2) is 0 Å². The maximum atomic E-state index is 11.1. The number of anilines is 1. The monoisotopic (exact) mass is 236 g/mol. The van der Waals surface area contributed by atoms with Crippen LogP contribution in [0, 0.1) is 6.92 Å². The van der Waals surface area contributed by atoms with E-state index in [4.69, 9.17) is 5.11 Å². The Labute approximate surface area is 102 Å². The molecule has 0 aliphatic heterocycles. The lowest BCUT2D eigenvalue weighted by Gasteiger charge is -2.21. The van der Waals surface area contributed by atoms with Gasteiger partial charge in [-0.2, -0.15) is 0 Å². The zero-order valence-corrected chi connectivity index (χ0v) is 10.8. The predicted octanol–water partition coefficient (Wildman–Crippen LogP) is 2.06. The maximum absolute atomic E-state index is 11.1. The van der Waals surface area contributed by atoms with Gasteiger partial charge in [0.25, 0.3) is 0 Å². The number of benzene rings is 1. The zero-order valence-electron chi connectivity index (χ0n) is 10.8. The molecule has 17 heavy (non-hydrogen) atoms. The van der Waals surface area contributed by atoms with Crippen molar-refractivity contribution in [2.75, 3.05) is 26.0 Å². The second kappa shape index (κ2) is 5.68. The van der Waals surface area contributed by atoms with E-state index in [1.807, 2.05) is 34.0 Å². The van der Waals surface area contributed by atoms with E-state index < -0.39 is 5.97 Å². The smallest absolute Gasteiger partial charge is 0.337 e. The molecule has 0 radical (unpaired) electrons. The largest absolute Gasteiger partial charge is 0.478 e. The van der Waals surface area contributed by atoms with Gasteiger partial charge >= 0.3 is 5.97 Å². The minimum Gasteiger partial charge on any atom is -0.478 e. The van der Waals surface area contributed by atoms with Crippen LogP contribution in [0.2, 0.25) is 0 Å². The zero-order chi connectivity index (χ0) is 13.0. The average molecular weight is 236 g/mol. The third kappa shape index (κ3) is 3.75. The number of aromatic carboxylic acids is 1. The fourth-order valence-electron chi connectivity index (χ4n) is 1.88. The van der Waals surface area contributed by atoms with E-state index >= 15 is 0 Å². The van der Waals surface area contributed by atoms with Crippen molar-refractivity contribution in [1.29, 1.82) is 0 Å². The van der Waals surface area contributed by atoms with Crippen molar-refractivity contribution in [2.24, 2.45) is 0 Å². The van der Waals surface area contributed by atoms with Crippen molar-refractivity contribution in [2.45, 2.75) is 19.9 Å². The number of nitrogens with one attached hydrogen (secondary N) is 1. The molecule has 1 aromatic carbocycles. The highest BCUT2D eigenvalue weighted by Gasteiger charge is 2.14. The molecule has 0 amide bonds. The number of aryl methyl sites for hydroxylation is 1. The Morgan fingerprint density at radius 3 is 2.65 bits per heavy atom. The predicted molar refractivity (Wildman–Crippen MR) is 69.8 cm³/mol. The number of hydrogen-bond donors (Lipinski definition) is 2. The van der Waals surface area contributed by atoms with Crippen LogP contribution < -0.4 is 5.32 Å². The Bertz CT molecular complexity index is 402. The quantitative estimate of drug-likeness (QED) is 0.821. The highest BCUT2D eigenvalue weighted by atomic mass is 16.4. The standard InChI is InChI=1S/C13H20N2O2/c1-9-6-5-7-11(13(16)17)12(9)14-10(2)8-15(3)4/h5-7,10,14H,8H2,1-4H3,(H,16,17). The van der Waals surface area contributed by atoms with Crippen LogP contribution in [0.3, 0.4) is 0 Å². The SMILES string of the molecule is Cc1cccc(C(=O)O)c1NC(C)CN(C)C. The van der Waals surface area contributed by atoms with Gasteiger partial charge in [0, 0.05) is 12.6 Å². The summed E-state index contributed by atoms with van der Waals surface area (Å²) in [6, 6.07) is 5.50. The van der Waals surface area contributed by atoms with Gasteiger partial charge in [0.2, 0.25) is 0 Å². The molecular formula is C13H20N2O2. The van der Waals surface area contributed by atoms with Gasteiger partial charge in [-0.3, -0.25) is 0 Å². The van der Waals surface area contributed by atoms with Gasteiger partial charge in [-0.05, 0) is 39.6 Å². The lowest BCUT2D eigenvalue weighted by molar-refractivity contribution is 0.0698. The summed E-state index contributed by atoms with van der Waals surface area (Å²) in [7, 11) is 3.99. The van der Waals surface area contributed by atoms with Crippen LogP contribution in [0.4, 0.5) is 5.69 Å². The molecule has 0 aliphatic carbocycles. The third-order valence-electron chi connectivity index (χ3n) is 2.53. The lowest BCUT2D eigenvalue weighted by Crippen LogP contribution is -2.30. The van der Waals surface area contributed by atoms with Crippen molar-refractivity contribution < 1.29 is 9.90 Å². The van der Waals surface area contributed by atoms with E-state index in [2.05, 4.69) is 10.2 Å². The van der Waals surface area contributed by atoms with E-state index in [1.54, 1.807) is 12.1 Å². The van der Waals surface area contributed by atoms with Crippen LogP contribution in [-0.2, 0) is 0 Å². The van der Waals surface area contributed by atoms with Gasteiger partial charge in [-0.15, -0.1) is 0 Å². The summed E-state index contributed by atoms with van der Waals surface area (Å²) >= 11 is 0. The Morgan fingerprint density at radius 1 is 1.47 bits per heavy atom. The number of rotatable bonds is 5. The molecule has 0 saturated heterocycles. The van der Waals surface area contributed by atoms with Crippen LogP contribution in [0.15, 0.2) is 18.2 Å². The number of carboxylic acid groups (broad SMARTS) is 1. The first-order valence-electron chi connectivity index (χ1n) is 5.66. The van der Waals surface area contributed by atoms with Crippen molar-refractivity contribution in [3.05, 3.63) is 29.3 Å². The van der Waals surface area contributed by atoms with Gasteiger partial charge in [-0.25, -0.2) is 4.79 Å². The van der Waals surface area contributed by atoms with Gasteiger partial charge in [0.1, 0.15) is 0 Å². The first-order valence-corrected chi connectivity index (χ1v) is 5.66. The number of likely N-dealkylation sites (N-methyl/N-ethyl adjacent to an activating group) is 1. The summed E-state index contributed by atoms with van der Waals surface area (Å²) in [5.74, 6) is -0.895. The van der Waals surface area contributed by atoms with Crippen LogP contribution in [0.1, 0.15) is 22.8 Å². The Morgan fingerprint density at radius 2 is 2.12 bits per heavy atom. The topological polar surface area (TPSA) is 52.6 Å². The summed E-state index contributed by atoms with van der Waals surface area (Å²) in [6.45, 7) is 4.81. The van der Waals surface area contributed by atoms with Crippen molar-refractivity contribution in [3.8, 4) is 0 Å². The minimum atomic E-state index is -0.895. The van der Waals surface area contributed by atoms with E-state index in [9.17, 15) is 4.79 Å². The Balaban J connectivity index is 2.92. The van der Waals surface area contributed by atoms with Crippen molar-refractivity contribution in [1.82, 2.24) is 4.90 Å². The molecule has 94 valence electrons. The Kier molecular flexibility index (Phi) is 4.52. The summed E-state index contributed by atoms with van der Waals surface area (Å²) < 4.78 is 0. The van der Waals surface area contributed by atoms with E-state index in [-0.39, 0.29) is 6.04 Å². The number of para-hydroxylation sites is 1. The molecule has 1 atom stereocenters. The summed E-state index contributed by atoms with van der Waals surface area (Å²) in [6.07, 6.45) is 0. The maximum Gasteiger partial charge on any atom is 0.337 e. The molecule has 0 fully saturated rings. The second-order valence-electron chi connectivity index (χ2n) is 4.61. The molecule has 4 nitrogen and oxygen atoms in total. The van der Waals surface area contributed by atoms with Gasteiger partial charge < -0.3 is 15.3 Å². The molecule has 1 rings (SSSR count). The first kappa shape index (κ1) is 13.5. The second-order valence-corrected chi connectivity index (χ2v) is 4.61. The lowest BCUT2D eigenvalue weighted by atomic mass is 10.1. The molecule has 2 N–H and O–H groups in total. The molecule has 0 aliphatic rings. The highest BCUT2D eigenvalue weighted by Crippen LogP contribution is 2.21. The summed E-state index contributed by atoms with van der Waals surface area (Å²) in [4.78, 5) is 13.2. The Hall–Kier alpha value is -1.55. The van der Waals surface area contributed by atoms with E-state index in [0.29, 0.717) is 11.3 Å². The van der Waals surface area contributed by atoms with Crippen LogP contribution >= 0.6 is 0 Å². The van der Waals surface area contributed by atoms with Gasteiger partial charge in [0.05, 0.1) is 11.3 Å². The molecule has 0 aromatic heterocycles. The summed E-state index contributed by atoms with van der Waals surface area (Å²) in [5, 5.41) is 12.4. The number of carbonyl (C=O) groups is 1. The molecule has 0 bridgehead atoms. The average Bonchev–Trinajstić information content (AvgIpc) is 2.19. The minimum absolute atomic E-state index is 0.198. The highest BCUT2D eigenvalue weighted by molar-refractivity contribution is 5.95. The first-order chi connectivity index (χ1) is 7.91. The van der Waals surface area contributed by atoms with E-state index in [1.165, 1.54) is 0 Å². The molecule has 0 spiro atoms. The van der Waals surface area contributed by atoms with Gasteiger partial charge in [-0.1, -0.05) is 12.1 Å². The van der Waals surface area contributed by atoms with Crippen LogP contribution in [-0.4, -0.2) is 42.7 Å². The molecule has 1 aromatic rings. The third-order valence-corrected chi connectivity index (χ3v) is 2.53. The number of nitrogens with zero attached hydrogens (tertiary/aromatic N) is 1. The van der Waals surface area contributed by atoms with Crippen LogP contribution in [0.25, 0.3) is 0 Å². The molecule has 0 heterocycles. The molecule has 0 saturated carbocycles. The fraction of sp³-hybridized carbons (Fsp3) is 0.462. The molecule has 4 heteroatoms. The van der Waals surface area contributed by atoms with Crippen LogP contribution in [0.5, 0.6) is 0 Å². The van der Waals surface area contributed by atoms with E-state index in [0.717, 1.165) is 12.1 Å². The number of carboxylic acids is 1. The molecule has 1 unspecified atom stereocenters. The summed E-state index contributed by atoms with van der Waals surface area (Å²) in [5.41, 5.74) is 2.00. The van der Waals surface area contributed by atoms with Crippen molar-refractivity contribution >= 4 is 11.7 Å². The molecular weight excluding hydrogens is 216 g/mol.